The standard InChI is InChI=1S/C5H10ClNO2/c1-3-7(4-6)5(8)9-2/h3-4H2,1-2H3. The summed E-state index contributed by atoms with van der Waals surface area (Å²) >= 11 is 5.37. The Bertz CT molecular complexity index is 93.0. The van der Waals surface area contributed by atoms with Crippen LogP contribution in [0.1, 0.15) is 6.92 Å². The molecule has 0 aliphatic rings. The van der Waals surface area contributed by atoms with Crippen molar-refractivity contribution in [1.82, 2.24) is 4.90 Å². The Labute approximate surface area is 59.5 Å². The first-order valence-corrected chi connectivity index (χ1v) is 3.18. The highest BCUT2D eigenvalue weighted by Crippen LogP contribution is 1.93. The number of nitrogens with zero attached hydrogens (tertiary/aromatic N) is 1. The number of carbonyl (C=O) groups is 1. The van der Waals surface area contributed by atoms with E-state index in [0.29, 0.717) is 6.54 Å². The molecule has 0 saturated carbocycles. The molecule has 0 aromatic heterocycles. The van der Waals surface area contributed by atoms with Gasteiger partial charge in [0, 0.05) is 6.54 Å². The van der Waals surface area contributed by atoms with E-state index >= 15 is 0 Å². The van der Waals surface area contributed by atoms with Gasteiger partial charge in [0.15, 0.2) is 0 Å². The van der Waals surface area contributed by atoms with Gasteiger partial charge in [-0.15, -0.1) is 11.6 Å². The van der Waals surface area contributed by atoms with Crippen LogP contribution in [-0.4, -0.2) is 30.7 Å². The second kappa shape index (κ2) is 4.44. The Hall–Kier alpha value is -0.440. The molecule has 9 heavy (non-hydrogen) atoms. The minimum atomic E-state index is -0.382. The highest BCUT2D eigenvalue weighted by atomic mass is 35.5. The fourth-order valence-corrected chi connectivity index (χ4v) is 0.658. The summed E-state index contributed by atoms with van der Waals surface area (Å²) in [5.74, 6) is 0. The van der Waals surface area contributed by atoms with Crippen molar-refractivity contribution in [3.8, 4) is 0 Å². The van der Waals surface area contributed by atoms with Gasteiger partial charge in [-0.05, 0) is 6.92 Å². The molecule has 0 aromatic rings. The van der Waals surface area contributed by atoms with E-state index in [1.807, 2.05) is 6.92 Å². The summed E-state index contributed by atoms with van der Waals surface area (Å²) < 4.78 is 4.40. The minimum Gasteiger partial charge on any atom is -0.453 e. The lowest BCUT2D eigenvalue weighted by Crippen LogP contribution is -2.29. The zero-order chi connectivity index (χ0) is 7.28. The topological polar surface area (TPSA) is 29.5 Å². The fourth-order valence-electron chi connectivity index (χ4n) is 0.392. The summed E-state index contributed by atoms with van der Waals surface area (Å²) in [5.41, 5.74) is 0. The molecule has 0 aliphatic carbocycles. The Morgan fingerprint density at radius 2 is 2.33 bits per heavy atom. The van der Waals surface area contributed by atoms with E-state index in [9.17, 15) is 4.79 Å². The monoisotopic (exact) mass is 151 g/mol. The number of ether oxygens (including phenoxy) is 1. The van der Waals surface area contributed by atoms with Crippen molar-refractivity contribution >= 4 is 17.7 Å². The van der Waals surface area contributed by atoms with Gasteiger partial charge in [0.25, 0.3) is 0 Å². The summed E-state index contributed by atoms with van der Waals surface area (Å²) in [7, 11) is 1.33. The molecule has 0 fully saturated rings. The SMILES string of the molecule is CCN(CCl)C(=O)OC. The van der Waals surface area contributed by atoms with Crippen molar-refractivity contribution in [2.45, 2.75) is 6.92 Å². The molecule has 0 unspecified atom stereocenters. The maximum absolute atomic E-state index is 10.6. The van der Waals surface area contributed by atoms with Crippen molar-refractivity contribution in [3.63, 3.8) is 0 Å². The summed E-state index contributed by atoms with van der Waals surface area (Å²) in [5, 5.41) is 0. The third-order valence-corrected chi connectivity index (χ3v) is 1.25. The number of alkyl halides is 1. The zero-order valence-corrected chi connectivity index (χ0v) is 6.31. The molecular formula is C5H10ClNO2. The molecule has 0 rings (SSSR count). The quantitative estimate of drug-likeness (QED) is 0.440. The van der Waals surface area contributed by atoms with Crippen LogP contribution in [0.4, 0.5) is 4.79 Å². The van der Waals surface area contributed by atoms with Gasteiger partial charge in [0.1, 0.15) is 0 Å². The molecule has 4 heteroatoms. The Morgan fingerprint density at radius 1 is 1.78 bits per heavy atom. The van der Waals surface area contributed by atoms with Gasteiger partial charge in [-0.25, -0.2) is 4.79 Å². The van der Waals surface area contributed by atoms with Gasteiger partial charge < -0.3 is 4.74 Å². The van der Waals surface area contributed by atoms with Crippen molar-refractivity contribution < 1.29 is 9.53 Å². The molecule has 0 atom stereocenters. The smallest absolute Gasteiger partial charge is 0.410 e. The molecular weight excluding hydrogens is 142 g/mol. The molecule has 0 bridgehead atoms. The lowest BCUT2D eigenvalue weighted by Gasteiger charge is -2.14. The largest absolute Gasteiger partial charge is 0.453 e. The lowest BCUT2D eigenvalue weighted by atomic mass is 10.7. The van der Waals surface area contributed by atoms with Gasteiger partial charge in [-0.1, -0.05) is 0 Å². The van der Waals surface area contributed by atoms with Crippen LogP contribution in [0.2, 0.25) is 0 Å². The van der Waals surface area contributed by atoms with Crippen molar-refractivity contribution in [2.75, 3.05) is 19.7 Å². The van der Waals surface area contributed by atoms with E-state index in [1.165, 1.54) is 12.0 Å². The molecule has 0 heterocycles. The Morgan fingerprint density at radius 3 is 2.44 bits per heavy atom. The summed E-state index contributed by atoms with van der Waals surface area (Å²) in [4.78, 5) is 12.0. The van der Waals surface area contributed by atoms with E-state index in [1.54, 1.807) is 0 Å². The van der Waals surface area contributed by atoms with Crippen LogP contribution in [0.15, 0.2) is 0 Å². The van der Waals surface area contributed by atoms with Crippen LogP contribution in [0.3, 0.4) is 0 Å². The second-order valence-corrected chi connectivity index (χ2v) is 1.68. The van der Waals surface area contributed by atoms with Gasteiger partial charge in [0.2, 0.25) is 0 Å². The molecule has 0 radical (unpaired) electrons. The molecule has 3 nitrogen and oxygen atoms in total. The van der Waals surface area contributed by atoms with E-state index in [4.69, 9.17) is 11.6 Å². The third kappa shape index (κ3) is 2.56. The highest BCUT2D eigenvalue weighted by molar-refractivity contribution is 6.18. The molecule has 0 spiro atoms. The molecule has 54 valence electrons. The number of carbonyl (C=O) groups excluding carboxylic acids is 1. The predicted octanol–water partition coefficient (Wildman–Crippen LogP) is 1.27. The second-order valence-electron chi connectivity index (χ2n) is 1.45. The van der Waals surface area contributed by atoms with Gasteiger partial charge in [-0.3, -0.25) is 4.90 Å². The Kier molecular flexibility index (Phi) is 4.22. The predicted molar refractivity (Wildman–Crippen MR) is 35.5 cm³/mol. The van der Waals surface area contributed by atoms with Crippen LogP contribution in [0.25, 0.3) is 0 Å². The van der Waals surface area contributed by atoms with Crippen LogP contribution in [-0.2, 0) is 4.74 Å². The van der Waals surface area contributed by atoms with Crippen molar-refractivity contribution in [2.24, 2.45) is 0 Å². The zero-order valence-electron chi connectivity index (χ0n) is 5.56. The molecule has 0 aliphatic heterocycles. The maximum Gasteiger partial charge on any atom is 0.410 e. The summed E-state index contributed by atoms with van der Waals surface area (Å²) in [6.07, 6.45) is -0.382. The number of amides is 1. The average molecular weight is 152 g/mol. The van der Waals surface area contributed by atoms with Gasteiger partial charge >= 0.3 is 6.09 Å². The number of methoxy groups -OCH3 is 1. The summed E-state index contributed by atoms with van der Waals surface area (Å²) in [6.45, 7) is 2.41. The highest BCUT2D eigenvalue weighted by Gasteiger charge is 2.07. The van der Waals surface area contributed by atoms with Crippen molar-refractivity contribution in [1.29, 1.82) is 0 Å². The maximum atomic E-state index is 10.6. The van der Waals surface area contributed by atoms with E-state index in [0.717, 1.165) is 0 Å². The van der Waals surface area contributed by atoms with Gasteiger partial charge in [-0.2, -0.15) is 0 Å². The normalized spacial score (nSPS) is 8.78. The average Bonchev–Trinajstić information content (AvgIpc) is 1.90. The molecule has 1 amide bonds. The number of halogens is 1. The van der Waals surface area contributed by atoms with Crippen LogP contribution in [0.5, 0.6) is 0 Å². The van der Waals surface area contributed by atoms with Crippen LogP contribution >= 0.6 is 11.6 Å². The molecule has 0 saturated heterocycles. The van der Waals surface area contributed by atoms with Crippen LogP contribution < -0.4 is 0 Å². The Balaban J connectivity index is 3.64. The fraction of sp³-hybridized carbons (Fsp3) is 0.800. The summed E-state index contributed by atoms with van der Waals surface area (Å²) in [6, 6.07) is 0.184. The first kappa shape index (κ1) is 8.56. The van der Waals surface area contributed by atoms with Crippen molar-refractivity contribution in [3.05, 3.63) is 0 Å². The van der Waals surface area contributed by atoms with Crippen LogP contribution in [0, 0.1) is 0 Å². The number of hydrogen-bond acceptors (Lipinski definition) is 2. The molecule has 0 N–H and O–H groups in total. The van der Waals surface area contributed by atoms with E-state index in [2.05, 4.69) is 4.74 Å². The minimum absolute atomic E-state index is 0.184. The molecule has 0 aromatic carbocycles. The first-order chi connectivity index (χ1) is 4.26. The number of hydrogen-bond donors (Lipinski definition) is 0. The lowest BCUT2D eigenvalue weighted by molar-refractivity contribution is 0.133. The van der Waals surface area contributed by atoms with E-state index in [-0.39, 0.29) is 12.1 Å². The van der Waals surface area contributed by atoms with Gasteiger partial charge in [0.05, 0.1) is 13.1 Å². The van der Waals surface area contributed by atoms with E-state index < -0.39 is 0 Å². The number of rotatable bonds is 2. The first-order valence-electron chi connectivity index (χ1n) is 2.65. The third-order valence-electron chi connectivity index (χ3n) is 0.959.